The van der Waals surface area contributed by atoms with Crippen LogP contribution in [0, 0.1) is 11.8 Å². The number of hydrogen-bond donors (Lipinski definition) is 0. The number of amides is 1. The van der Waals surface area contributed by atoms with Crippen molar-refractivity contribution in [2.45, 2.75) is 52.1 Å². The summed E-state index contributed by atoms with van der Waals surface area (Å²) in [5.74, 6) is 0.791. The summed E-state index contributed by atoms with van der Waals surface area (Å²) in [5.41, 5.74) is 1.72. The van der Waals surface area contributed by atoms with Crippen LogP contribution in [0.5, 0.6) is 0 Å². The third-order valence-corrected chi connectivity index (χ3v) is 5.43. The number of pyridine rings is 1. The summed E-state index contributed by atoms with van der Waals surface area (Å²) in [5, 5.41) is 0. The molecule has 2 aliphatic rings. The highest BCUT2D eigenvalue weighted by molar-refractivity contribution is 5.78. The van der Waals surface area contributed by atoms with Gasteiger partial charge in [-0.15, -0.1) is 0 Å². The Morgan fingerprint density at radius 3 is 2.84 bits per heavy atom. The van der Waals surface area contributed by atoms with Gasteiger partial charge in [0.25, 0.3) is 0 Å². The molecule has 6 heteroatoms. The van der Waals surface area contributed by atoms with E-state index in [0.29, 0.717) is 12.5 Å². The largest absolute Gasteiger partial charge is 0.340 e. The van der Waals surface area contributed by atoms with E-state index in [4.69, 9.17) is 0 Å². The quantitative estimate of drug-likeness (QED) is 0.857. The number of carbonyl (C=O) groups excluding carboxylic acids is 1. The van der Waals surface area contributed by atoms with Crippen LogP contribution < -0.4 is 5.69 Å². The fourth-order valence-corrected chi connectivity index (χ4v) is 3.90. The standard InChI is InChI=1S/C19H26N4O2/c1-13(2)18(24)21-10-4-5-15(12-21)23-17-16(6-3-9-20-17)22(19(23)25)11-14-7-8-14/h3,6,9,13-15H,4-5,7-8,10-12H2,1-2H3/t15-/m0/s1. The van der Waals surface area contributed by atoms with Gasteiger partial charge in [0, 0.05) is 31.7 Å². The summed E-state index contributed by atoms with van der Waals surface area (Å²) in [6.07, 6.45) is 6.01. The van der Waals surface area contributed by atoms with Gasteiger partial charge in [-0.2, -0.15) is 0 Å². The van der Waals surface area contributed by atoms with Gasteiger partial charge in [0.15, 0.2) is 5.65 Å². The van der Waals surface area contributed by atoms with Gasteiger partial charge in [-0.1, -0.05) is 13.8 Å². The lowest BCUT2D eigenvalue weighted by atomic mass is 10.0. The van der Waals surface area contributed by atoms with Crippen LogP contribution in [0.15, 0.2) is 23.1 Å². The number of fused-ring (bicyclic) bond motifs is 1. The van der Waals surface area contributed by atoms with Crippen LogP contribution >= 0.6 is 0 Å². The summed E-state index contributed by atoms with van der Waals surface area (Å²) in [7, 11) is 0. The average Bonchev–Trinajstić information content (AvgIpc) is 3.39. The molecule has 2 aromatic rings. The van der Waals surface area contributed by atoms with E-state index in [1.165, 1.54) is 12.8 Å². The molecule has 25 heavy (non-hydrogen) atoms. The fraction of sp³-hybridized carbons (Fsp3) is 0.632. The van der Waals surface area contributed by atoms with Crippen molar-refractivity contribution in [1.82, 2.24) is 19.0 Å². The number of aromatic nitrogens is 3. The molecule has 0 aromatic carbocycles. The summed E-state index contributed by atoms with van der Waals surface area (Å²) in [6, 6.07) is 3.90. The van der Waals surface area contributed by atoms with Gasteiger partial charge >= 0.3 is 5.69 Å². The van der Waals surface area contributed by atoms with Crippen molar-refractivity contribution in [3.05, 3.63) is 28.8 Å². The molecule has 6 nitrogen and oxygen atoms in total. The molecule has 4 rings (SSSR count). The molecule has 0 spiro atoms. The Morgan fingerprint density at radius 1 is 1.32 bits per heavy atom. The molecule has 1 aliphatic heterocycles. The Hall–Kier alpha value is -2.11. The van der Waals surface area contributed by atoms with Gasteiger partial charge in [-0.05, 0) is 43.7 Å². The fourth-order valence-electron chi connectivity index (χ4n) is 3.90. The van der Waals surface area contributed by atoms with Crippen molar-refractivity contribution in [2.24, 2.45) is 11.8 Å². The van der Waals surface area contributed by atoms with Crippen LogP contribution in [0.4, 0.5) is 0 Å². The third-order valence-electron chi connectivity index (χ3n) is 5.43. The number of nitrogens with zero attached hydrogens (tertiary/aromatic N) is 4. The van der Waals surface area contributed by atoms with E-state index < -0.39 is 0 Å². The lowest BCUT2D eigenvalue weighted by Crippen LogP contribution is -2.44. The maximum Gasteiger partial charge on any atom is 0.330 e. The molecule has 2 aromatic heterocycles. The second-order valence-corrected chi connectivity index (χ2v) is 7.79. The van der Waals surface area contributed by atoms with Gasteiger partial charge in [-0.25, -0.2) is 9.78 Å². The van der Waals surface area contributed by atoms with Crippen LogP contribution in [-0.2, 0) is 11.3 Å². The van der Waals surface area contributed by atoms with E-state index in [0.717, 1.165) is 37.1 Å². The van der Waals surface area contributed by atoms with E-state index in [1.807, 2.05) is 40.0 Å². The van der Waals surface area contributed by atoms with Crippen molar-refractivity contribution in [3.8, 4) is 0 Å². The van der Waals surface area contributed by atoms with E-state index in [9.17, 15) is 9.59 Å². The number of hydrogen-bond acceptors (Lipinski definition) is 3. The van der Waals surface area contributed by atoms with Crippen molar-refractivity contribution in [2.75, 3.05) is 13.1 Å². The predicted molar refractivity (Wildman–Crippen MR) is 96.4 cm³/mol. The molecule has 3 heterocycles. The second-order valence-electron chi connectivity index (χ2n) is 7.79. The minimum atomic E-state index is -0.00944. The van der Waals surface area contributed by atoms with Gasteiger partial charge in [0.1, 0.15) is 0 Å². The number of rotatable bonds is 4. The summed E-state index contributed by atoms with van der Waals surface area (Å²) < 4.78 is 3.74. The zero-order valence-corrected chi connectivity index (χ0v) is 15.0. The summed E-state index contributed by atoms with van der Waals surface area (Å²) >= 11 is 0. The first-order valence-corrected chi connectivity index (χ1v) is 9.40. The summed E-state index contributed by atoms with van der Waals surface area (Å²) in [4.78, 5) is 32.0. The first kappa shape index (κ1) is 16.4. The molecular formula is C19H26N4O2. The van der Waals surface area contributed by atoms with Gasteiger partial charge in [0.05, 0.1) is 11.6 Å². The lowest BCUT2D eigenvalue weighted by Gasteiger charge is -2.34. The highest BCUT2D eigenvalue weighted by atomic mass is 16.2. The molecule has 0 bridgehead atoms. The van der Waals surface area contributed by atoms with E-state index in [1.54, 1.807) is 6.20 Å². The predicted octanol–water partition coefficient (Wildman–Crippen LogP) is 2.43. The Labute approximate surface area is 147 Å². The zero-order chi connectivity index (χ0) is 17.6. The molecule has 134 valence electrons. The number of likely N-dealkylation sites (tertiary alicyclic amines) is 1. The van der Waals surface area contributed by atoms with Crippen molar-refractivity contribution >= 4 is 17.1 Å². The van der Waals surface area contributed by atoms with Crippen LogP contribution in [0.2, 0.25) is 0 Å². The van der Waals surface area contributed by atoms with E-state index in [2.05, 4.69) is 4.98 Å². The SMILES string of the molecule is CC(C)C(=O)N1CCC[C@H](n2c(=O)n(CC3CC3)c3cccnc32)C1. The summed E-state index contributed by atoms with van der Waals surface area (Å²) in [6.45, 7) is 6.05. The maximum atomic E-state index is 13.1. The minimum Gasteiger partial charge on any atom is -0.340 e. The Bertz CT molecular complexity index is 847. The molecule has 1 saturated carbocycles. The number of piperidine rings is 1. The van der Waals surface area contributed by atoms with Gasteiger partial charge in [0.2, 0.25) is 5.91 Å². The maximum absolute atomic E-state index is 13.1. The van der Waals surface area contributed by atoms with E-state index in [-0.39, 0.29) is 23.6 Å². The molecule has 1 atom stereocenters. The molecule has 1 amide bonds. The number of imidazole rings is 1. The Kier molecular flexibility index (Phi) is 4.13. The average molecular weight is 342 g/mol. The van der Waals surface area contributed by atoms with Crippen molar-refractivity contribution in [1.29, 1.82) is 0 Å². The second kappa shape index (κ2) is 6.32. The van der Waals surface area contributed by atoms with Crippen LogP contribution in [0.1, 0.15) is 45.6 Å². The Balaban J connectivity index is 1.72. The van der Waals surface area contributed by atoms with Crippen molar-refractivity contribution in [3.63, 3.8) is 0 Å². The highest BCUT2D eigenvalue weighted by Gasteiger charge is 2.31. The zero-order valence-electron chi connectivity index (χ0n) is 15.0. The molecule has 1 saturated heterocycles. The highest BCUT2D eigenvalue weighted by Crippen LogP contribution is 2.32. The first-order valence-electron chi connectivity index (χ1n) is 9.40. The van der Waals surface area contributed by atoms with E-state index >= 15 is 0 Å². The molecule has 2 fully saturated rings. The molecule has 0 N–H and O–H groups in total. The molecule has 0 radical (unpaired) electrons. The van der Waals surface area contributed by atoms with Crippen LogP contribution in [0.3, 0.4) is 0 Å². The molecule has 1 aliphatic carbocycles. The topological polar surface area (TPSA) is 60.1 Å². The monoisotopic (exact) mass is 342 g/mol. The smallest absolute Gasteiger partial charge is 0.330 e. The van der Waals surface area contributed by atoms with Crippen molar-refractivity contribution < 1.29 is 4.79 Å². The first-order chi connectivity index (χ1) is 12.1. The normalized spacial score (nSPS) is 21.2. The van der Waals surface area contributed by atoms with Gasteiger partial charge in [-0.3, -0.25) is 13.9 Å². The Morgan fingerprint density at radius 2 is 2.12 bits per heavy atom. The molecule has 0 unspecified atom stereocenters. The number of carbonyl (C=O) groups is 1. The van der Waals surface area contributed by atoms with Crippen LogP contribution in [0.25, 0.3) is 11.2 Å². The molecular weight excluding hydrogens is 316 g/mol. The van der Waals surface area contributed by atoms with Crippen LogP contribution in [-0.4, -0.2) is 38.0 Å². The third kappa shape index (κ3) is 2.98. The lowest BCUT2D eigenvalue weighted by molar-refractivity contribution is -0.136. The minimum absolute atomic E-state index is 0.00944. The van der Waals surface area contributed by atoms with Gasteiger partial charge < -0.3 is 4.90 Å².